The highest BCUT2D eigenvalue weighted by Crippen LogP contribution is 2.36. The lowest BCUT2D eigenvalue weighted by Gasteiger charge is -2.32. The molecular formula is C23H23Cl2NO2. The van der Waals surface area contributed by atoms with E-state index >= 15 is 0 Å². The Bertz CT molecular complexity index is 1010. The van der Waals surface area contributed by atoms with Gasteiger partial charge in [0.2, 0.25) is 0 Å². The zero-order valence-electron chi connectivity index (χ0n) is 15.8. The second-order valence-electron chi connectivity index (χ2n) is 7.28. The minimum absolute atomic E-state index is 0.00151. The van der Waals surface area contributed by atoms with Crippen LogP contribution in [0.15, 0.2) is 48.5 Å². The van der Waals surface area contributed by atoms with Crippen LogP contribution in [0.3, 0.4) is 0 Å². The molecule has 0 radical (unpaired) electrons. The van der Waals surface area contributed by atoms with E-state index in [4.69, 9.17) is 38.4 Å². The molecule has 3 aromatic rings. The second-order valence-corrected chi connectivity index (χ2v) is 8.13. The molecule has 2 atom stereocenters. The number of hydrogen-bond donors (Lipinski definition) is 1. The van der Waals surface area contributed by atoms with E-state index < -0.39 is 0 Å². The van der Waals surface area contributed by atoms with Crippen molar-refractivity contribution in [2.24, 2.45) is 5.73 Å². The average Bonchev–Trinajstić information content (AvgIpc) is 2.69. The summed E-state index contributed by atoms with van der Waals surface area (Å²) in [7, 11) is 1.68. The number of aryl methyl sites for hydroxylation is 1. The first-order chi connectivity index (χ1) is 13.5. The largest absolute Gasteiger partial charge is 0.497 e. The van der Waals surface area contributed by atoms with E-state index in [9.17, 15) is 0 Å². The van der Waals surface area contributed by atoms with Gasteiger partial charge in [-0.15, -0.1) is 0 Å². The summed E-state index contributed by atoms with van der Waals surface area (Å²) in [5.41, 5.74) is 8.76. The van der Waals surface area contributed by atoms with Gasteiger partial charge in [-0.1, -0.05) is 41.4 Å². The van der Waals surface area contributed by atoms with Crippen LogP contribution in [0.5, 0.6) is 11.5 Å². The summed E-state index contributed by atoms with van der Waals surface area (Å²) >= 11 is 12.2. The molecule has 5 heteroatoms. The maximum absolute atomic E-state index is 6.48. The molecule has 3 aromatic carbocycles. The first kappa shape index (κ1) is 19.4. The number of halogens is 2. The molecule has 1 heterocycles. The Kier molecular flexibility index (Phi) is 5.68. The van der Waals surface area contributed by atoms with Crippen LogP contribution in [0.1, 0.15) is 24.0 Å². The summed E-state index contributed by atoms with van der Waals surface area (Å²) in [6.07, 6.45) is 3.52. The molecule has 28 heavy (non-hydrogen) atoms. The lowest BCUT2D eigenvalue weighted by Crippen LogP contribution is -2.43. The summed E-state index contributed by atoms with van der Waals surface area (Å²) in [6, 6.07) is 15.9. The van der Waals surface area contributed by atoms with Crippen LogP contribution in [0.4, 0.5) is 0 Å². The first-order valence-corrected chi connectivity index (χ1v) is 10.3. The van der Waals surface area contributed by atoms with E-state index in [0.29, 0.717) is 10.0 Å². The van der Waals surface area contributed by atoms with Crippen molar-refractivity contribution in [2.45, 2.75) is 37.8 Å². The fourth-order valence-corrected chi connectivity index (χ4v) is 4.40. The normalized spacial score (nSPS) is 18.6. The maximum atomic E-state index is 6.48. The Balaban J connectivity index is 1.48. The third-order valence-electron chi connectivity index (χ3n) is 5.44. The number of rotatable bonds is 5. The zero-order chi connectivity index (χ0) is 19.7. The minimum Gasteiger partial charge on any atom is -0.497 e. The van der Waals surface area contributed by atoms with Gasteiger partial charge < -0.3 is 15.2 Å². The van der Waals surface area contributed by atoms with Crippen molar-refractivity contribution >= 4 is 34.0 Å². The van der Waals surface area contributed by atoms with Gasteiger partial charge in [-0.05, 0) is 72.4 Å². The van der Waals surface area contributed by atoms with Gasteiger partial charge in [-0.2, -0.15) is 0 Å². The molecule has 4 rings (SSSR count). The molecule has 0 aliphatic carbocycles. The number of benzene rings is 3. The molecular weight excluding hydrogens is 393 g/mol. The number of methoxy groups -OCH3 is 1. The third-order valence-corrected chi connectivity index (χ3v) is 6.03. The molecule has 146 valence electrons. The van der Waals surface area contributed by atoms with Gasteiger partial charge in [-0.3, -0.25) is 0 Å². The molecule has 0 bridgehead atoms. The lowest BCUT2D eigenvalue weighted by atomic mass is 9.91. The van der Waals surface area contributed by atoms with Crippen molar-refractivity contribution in [3.63, 3.8) is 0 Å². The van der Waals surface area contributed by atoms with Gasteiger partial charge in [0.05, 0.1) is 7.11 Å². The van der Waals surface area contributed by atoms with E-state index in [1.807, 2.05) is 18.2 Å². The van der Waals surface area contributed by atoms with Crippen molar-refractivity contribution in [3.8, 4) is 11.5 Å². The van der Waals surface area contributed by atoms with Crippen molar-refractivity contribution in [2.75, 3.05) is 7.11 Å². The maximum Gasteiger partial charge on any atom is 0.123 e. The topological polar surface area (TPSA) is 44.5 Å². The number of ether oxygens (including phenoxy) is 2. The van der Waals surface area contributed by atoms with Crippen LogP contribution in [0.2, 0.25) is 10.0 Å². The quantitative estimate of drug-likeness (QED) is 0.571. The predicted octanol–water partition coefficient (Wildman–Crippen LogP) is 5.81. The van der Waals surface area contributed by atoms with Crippen LogP contribution in [-0.4, -0.2) is 19.3 Å². The highest BCUT2D eigenvalue weighted by atomic mass is 35.5. The Morgan fingerprint density at radius 1 is 1.11 bits per heavy atom. The molecule has 0 fully saturated rings. The lowest BCUT2D eigenvalue weighted by molar-refractivity contribution is 0.140. The Labute approximate surface area is 175 Å². The van der Waals surface area contributed by atoms with E-state index in [1.165, 1.54) is 10.9 Å². The van der Waals surface area contributed by atoms with Gasteiger partial charge in [-0.25, -0.2) is 0 Å². The average molecular weight is 416 g/mol. The highest BCUT2D eigenvalue weighted by molar-refractivity contribution is 6.35. The van der Waals surface area contributed by atoms with Crippen LogP contribution >= 0.6 is 23.2 Å². The Morgan fingerprint density at radius 3 is 2.71 bits per heavy atom. The molecule has 1 aliphatic rings. The van der Waals surface area contributed by atoms with Crippen LogP contribution < -0.4 is 15.2 Å². The standard InChI is InChI=1S/C23H23Cl2NO2/c1-27-17-9-6-14-7-10-22-19(18(14)12-17)13-21(26)23(28-22)4-2-3-15-5-8-16(24)11-20(15)25/h5-12,21,23H,2-4,13,26H2,1H3. The van der Waals surface area contributed by atoms with Gasteiger partial charge in [0.25, 0.3) is 0 Å². The fourth-order valence-electron chi connectivity index (χ4n) is 3.90. The number of hydrogen-bond acceptors (Lipinski definition) is 3. The fraction of sp³-hybridized carbons (Fsp3) is 0.304. The molecule has 0 saturated carbocycles. The van der Waals surface area contributed by atoms with E-state index in [-0.39, 0.29) is 12.1 Å². The summed E-state index contributed by atoms with van der Waals surface area (Å²) < 4.78 is 11.7. The molecule has 0 aromatic heterocycles. The minimum atomic E-state index is -0.0370. The van der Waals surface area contributed by atoms with Gasteiger partial charge in [0.1, 0.15) is 17.6 Å². The number of fused-ring (bicyclic) bond motifs is 3. The number of nitrogens with two attached hydrogens (primary N) is 1. The molecule has 0 amide bonds. The summed E-state index contributed by atoms with van der Waals surface area (Å²) in [6.45, 7) is 0. The summed E-state index contributed by atoms with van der Waals surface area (Å²) in [5.74, 6) is 1.77. The molecule has 2 N–H and O–H groups in total. The van der Waals surface area contributed by atoms with E-state index in [1.54, 1.807) is 13.2 Å². The molecule has 1 aliphatic heterocycles. The van der Waals surface area contributed by atoms with Gasteiger partial charge in [0.15, 0.2) is 0 Å². The predicted molar refractivity (Wildman–Crippen MR) is 116 cm³/mol. The Hall–Kier alpha value is -1.94. The monoisotopic (exact) mass is 415 g/mol. The van der Waals surface area contributed by atoms with Crippen molar-refractivity contribution in [1.29, 1.82) is 0 Å². The van der Waals surface area contributed by atoms with E-state index in [0.717, 1.165) is 48.1 Å². The third kappa shape index (κ3) is 3.93. The van der Waals surface area contributed by atoms with Crippen LogP contribution in [0, 0.1) is 0 Å². The van der Waals surface area contributed by atoms with Crippen molar-refractivity contribution < 1.29 is 9.47 Å². The molecule has 2 unspecified atom stereocenters. The second kappa shape index (κ2) is 8.20. The zero-order valence-corrected chi connectivity index (χ0v) is 17.3. The highest BCUT2D eigenvalue weighted by Gasteiger charge is 2.28. The van der Waals surface area contributed by atoms with Crippen LogP contribution in [0.25, 0.3) is 10.8 Å². The summed E-state index contributed by atoms with van der Waals surface area (Å²) in [5, 5.41) is 3.70. The first-order valence-electron chi connectivity index (χ1n) is 9.51. The molecule has 0 saturated heterocycles. The van der Waals surface area contributed by atoms with Gasteiger partial charge >= 0.3 is 0 Å². The van der Waals surface area contributed by atoms with E-state index in [2.05, 4.69) is 24.3 Å². The molecule has 3 nitrogen and oxygen atoms in total. The SMILES string of the molecule is COc1ccc2ccc3c(c2c1)CC(N)C(CCCc1ccc(Cl)cc1Cl)O3. The summed E-state index contributed by atoms with van der Waals surface area (Å²) in [4.78, 5) is 0. The smallest absolute Gasteiger partial charge is 0.123 e. The van der Waals surface area contributed by atoms with Gasteiger partial charge in [0, 0.05) is 21.7 Å². The molecule has 0 spiro atoms. The van der Waals surface area contributed by atoms with Crippen molar-refractivity contribution in [3.05, 3.63) is 69.7 Å². The van der Waals surface area contributed by atoms with Crippen molar-refractivity contribution in [1.82, 2.24) is 0 Å². The van der Waals surface area contributed by atoms with Crippen LogP contribution in [-0.2, 0) is 12.8 Å². The Morgan fingerprint density at radius 2 is 1.93 bits per heavy atom.